The van der Waals surface area contributed by atoms with Gasteiger partial charge in [0.2, 0.25) is 0 Å². The van der Waals surface area contributed by atoms with Gasteiger partial charge in [-0.2, -0.15) is 0 Å². The summed E-state index contributed by atoms with van der Waals surface area (Å²) < 4.78 is 13.5. The van der Waals surface area contributed by atoms with E-state index in [0.717, 1.165) is 12.8 Å². The van der Waals surface area contributed by atoms with Gasteiger partial charge < -0.3 is 10.4 Å². The van der Waals surface area contributed by atoms with Crippen molar-refractivity contribution in [1.82, 2.24) is 10.2 Å². The molecule has 1 amide bonds. The van der Waals surface area contributed by atoms with Crippen molar-refractivity contribution >= 4 is 6.09 Å². The van der Waals surface area contributed by atoms with Crippen LogP contribution in [0.5, 0.6) is 0 Å². The minimum absolute atomic E-state index is 0.0776. The summed E-state index contributed by atoms with van der Waals surface area (Å²) in [4.78, 5) is 12.3. The van der Waals surface area contributed by atoms with E-state index in [-0.39, 0.29) is 12.6 Å². The van der Waals surface area contributed by atoms with Crippen LogP contribution in [0.15, 0.2) is 0 Å². The summed E-state index contributed by atoms with van der Waals surface area (Å²) in [5, 5.41) is 11.9. The average Bonchev–Trinajstić information content (AvgIpc) is 2.92. The Bertz CT molecular complexity index is 233. The first-order chi connectivity index (χ1) is 6.70. The van der Waals surface area contributed by atoms with Crippen molar-refractivity contribution in [3.05, 3.63) is 0 Å². The van der Waals surface area contributed by atoms with Crippen LogP contribution < -0.4 is 5.32 Å². The highest BCUT2D eigenvalue weighted by Crippen LogP contribution is 2.31. The Kier molecular flexibility index (Phi) is 2.58. The summed E-state index contributed by atoms with van der Waals surface area (Å²) in [7, 11) is 0. The van der Waals surface area contributed by atoms with Crippen molar-refractivity contribution in [1.29, 1.82) is 0 Å². The van der Waals surface area contributed by atoms with E-state index in [4.69, 9.17) is 5.11 Å². The van der Waals surface area contributed by atoms with Crippen molar-refractivity contribution in [2.75, 3.05) is 13.1 Å². The number of amides is 1. The van der Waals surface area contributed by atoms with Crippen molar-refractivity contribution < 1.29 is 14.3 Å². The van der Waals surface area contributed by atoms with Crippen LogP contribution in [0.4, 0.5) is 9.18 Å². The number of rotatable bonds is 2. The predicted molar refractivity (Wildman–Crippen MR) is 49.1 cm³/mol. The molecule has 0 unspecified atom stereocenters. The number of hydrogen-bond donors (Lipinski definition) is 2. The SMILES string of the molecule is O=C(O)N(C1CC1)[C@@H]1CCNC[C@@H]1F. The van der Waals surface area contributed by atoms with Gasteiger partial charge in [0.25, 0.3) is 0 Å². The molecule has 14 heavy (non-hydrogen) atoms. The second kappa shape index (κ2) is 3.73. The molecule has 0 bridgehead atoms. The molecule has 2 aliphatic rings. The smallest absolute Gasteiger partial charge is 0.407 e. The van der Waals surface area contributed by atoms with E-state index in [2.05, 4.69) is 5.32 Å². The van der Waals surface area contributed by atoms with Crippen LogP contribution >= 0.6 is 0 Å². The zero-order valence-corrected chi connectivity index (χ0v) is 7.95. The van der Waals surface area contributed by atoms with Gasteiger partial charge in [0.1, 0.15) is 6.17 Å². The number of hydrogen-bond acceptors (Lipinski definition) is 2. The van der Waals surface area contributed by atoms with Crippen molar-refractivity contribution in [3.63, 3.8) is 0 Å². The Balaban J connectivity index is 2.04. The number of carboxylic acid groups (broad SMARTS) is 1. The minimum atomic E-state index is -1.06. The van der Waals surface area contributed by atoms with Crippen LogP contribution in [0.25, 0.3) is 0 Å². The number of piperidine rings is 1. The van der Waals surface area contributed by atoms with E-state index in [1.54, 1.807) is 0 Å². The number of halogens is 1. The number of nitrogens with one attached hydrogen (secondary N) is 1. The fraction of sp³-hybridized carbons (Fsp3) is 0.889. The first-order valence-corrected chi connectivity index (χ1v) is 5.06. The van der Waals surface area contributed by atoms with E-state index in [0.29, 0.717) is 13.0 Å². The summed E-state index contributed by atoms with van der Waals surface area (Å²) in [6.07, 6.45) is 0.345. The van der Waals surface area contributed by atoms with Gasteiger partial charge in [-0.3, -0.25) is 4.90 Å². The highest BCUT2D eigenvalue weighted by Gasteiger charge is 2.41. The molecule has 0 aromatic rings. The van der Waals surface area contributed by atoms with E-state index in [9.17, 15) is 9.18 Å². The first-order valence-electron chi connectivity index (χ1n) is 5.06. The van der Waals surface area contributed by atoms with Gasteiger partial charge >= 0.3 is 6.09 Å². The quantitative estimate of drug-likeness (QED) is 0.697. The van der Waals surface area contributed by atoms with Crippen LogP contribution in [0.2, 0.25) is 0 Å². The second-order valence-electron chi connectivity index (χ2n) is 4.00. The molecule has 0 aromatic heterocycles. The molecule has 2 rings (SSSR count). The highest BCUT2D eigenvalue weighted by atomic mass is 19.1. The third-order valence-corrected chi connectivity index (χ3v) is 2.89. The van der Waals surface area contributed by atoms with Gasteiger partial charge in [-0.15, -0.1) is 0 Å². The largest absolute Gasteiger partial charge is 0.465 e. The Labute approximate surface area is 82.1 Å². The molecule has 1 aliphatic heterocycles. The number of alkyl halides is 1. The number of carbonyl (C=O) groups is 1. The summed E-state index contributed by atoms with van der Waals surface area (Å²) in [5.74, 6) is 0. The molecule has 0 spiro atoms. The maximum Gasteiger partial charge on any atom is 0.407 e. The van der Waals surface area contributed by atoms with Gasteiger partial charge in [-0.1, -0.05) is 0 Å². The summed E-state index contributed by atoms with van der Waals surface area (Å²) in [6.45, 7) is 0.989. The standard InChI is InChI=1S/C9H15FN2O2/c10-7-5-11-4-3-8(7)12(9(13)14)6-1-2-6/h6-8,11H,1-5H2,(H,13,14)/t7-,8+/m0/s1. The normalized spacial score (nSPS) is 32.6. The van der Waals surface area contributed by atoms with E-state index < -0.39 is 18.3 Å². The molecule has 80 valence electrons. The second-order valence-corrected chi connectivity index (χ2v) is 4.00. The fourth-order valence-electron chi connectivity index (χ4n) is 2.04. The molecule has 0 radical (unpaired) electrons. The molecular weight excluding hydrogens is 187 g/mol. The lowest BCUT2D eigenvalue weighted by Gasteiger charge is -2.35. The van der Waals surface area contributed by atoms with Gasteiger partial charge in [0.15, 0.2) is 0 Å². The molecule has 2 fully saturated rings. The summed E-state index contributed by atoms with van der Waals surface area (Å²) in [5.41, 5.74) is 0. The van der Waals surface area contributed by atoms with Crippen molar-refractivity contribution in [2.24, 2.45) is 0 Å². The molecule has 4 nitrogen and oxygen atoms in total. The number of nitrogens with zero attached hydrogens (tertiary/aromatic N) is 1. The van der Waals surface area contributed by atoms with E-state index in [1.165, 1.54) is 4.90 Å². The monoisotopic (exact) mass is 202 g/mol. The van der Waals surface area contributed by atoms with Crippen LogP contribution in [-0.2, 0) is 0 Å². The highest BCUT2D eigenvalue weighted by molar-refractivity contribution is 5.66. The molecule has 1 aliphatic carbocycles. The van der Waals surface area contributed by atoms with E-state index in [1.807, 2.05) is 0 Å². The van der Waals surface area contributed by atoms with Crippen molar-refractivity contribution in [2.45, 2.75) is 37.5 Å². The maximum absolute atomic E-state index is 13.5. The van der Waals surface area contributed by atoms with E-state index >= 15 is 0 Å². The predicted octanol–water partition coefficient (Wildman–Crippen LogP) is 0.829. The van der Waals surface area contributed by atoms with Crippen LogP contribution in [0.1, 0.15) is 19.3 Å². The molecule has 1 saturated heterocycles. The first kappa shape index (κ1) is 9.71. The maximum atomic E-state index is 13.5. The van der Waals surface area contributed by atoms with Gasteiger partial charge in [-0.05, 0) is 25.8 Å². The van der Waals surface area contributed by atoms with Gasteiger partial charge in [-0.25, -0.2) is 9.18 Å². The summed E-state index contributed by atoms with van der Waals surface area (Å²) >= 11 is 0. The average molecular weight is 202 g/mol. The zero-order valence-electron chi connectivity index (χ0n) is 7.95. The molecule has 2 atom stereocenters. The van der Waals surface area contributed by atoms with Crippen LogP contribution in [0, 0.1) is 0 Å². The lowest BCUT2D eigenvalue weighted by molar-refractivity contribution is 0.0697. The fourth-order valence-corrected chi connectivity index (χ4v) is 2.04. The lowest BCUT2D eigenvalue weighted by Crippen LogP contribution is -2.53. The molecular formula is C9H15FN2O2. The molecule has 5 heteroatoms. The summed E-state index contributed by atoms with van der Waals surface area (Å²) in [6, 6.07) is -0.352. The third-order valence-electron chi connectivity index (χ3n) is 2.89. The van der Waals surface area contributed by atoms with Crippen LogP contribution in [0.3, 0.4) is 0 Å². The van der Waals surface area contributed by atoms with Gasteiger partial charge in [0, 0.05) is 12.6 Å². The minimum Gasteiger partial charge on any atom is -0.465 e. The molecule has 0 aromatic carbocycles. The Morgan fingerprint density at radius 3 is 2.64 bits per heavy atom. The Hall–Kier alpha value is -0.840. The Morgan fingerprint density at radius 2 is 2.14 bits per heavy atom. The van der Waals surface area contributed by atoms with Gasteiger partial charge in [0.05, 0.1) is 6.04 Å². The Morgan fingerprint density at radius 1 is 1.43 bits per heavy atom. The molecule has 2 N–H and O–H groups in total. The lowest BCUT2D eigenvalue weighted by atomic mass is 10.0. The van der Waals surface area contributed by atoms with Crippen LogP contribution in [-0.4, -0.2) is 47.4 Å². The topological polar surface area (TPSA) is 52.6 Å². The zero-order chi connectivity index (χ0) is 10.1. The van der Waals surface area contributed by atoms with Crippen molar-refractivity contribution in [3.8, 4) is 0 Å². The molecule has 1 heterocycles. The third kappa shape index (κ3) is 1.82. The molecule has 1 saturated carbocycles.